The van der Waals surface area contributed by atoms with Gasteiger partial charge in [0.1, 0.15) is 0 Å². The van der Waals surface area contributed by atoms with Gasteiger partial charge < -0.3 is 6.32 Å². The van der Waals surface area contributed by atoms with Gasteiger partial charge in [0.2, 0.25) is 0 Å². The van der Waals surface area contributed by atoms with Gasteiger partial charge in [0.25, 0.3) is 0 Å². The van der Waals surface area contributed by atoms with Crippen molar-refractivity contribution in [2.45, 2.75) is 0 Å². The van der Waals surface area contributed by atoms with Crippen molar-refractivity contribution in [2.75, 3.05) is 0 Å². The fourth-order valence-corrected chi connectivity index (χ4v) is 0. The fourth-order valence-electron chi connectivity index (χ4n) is 0. The Bertz CT molecular complexity index is 11.6. The average Bonchev–Trinajstić information content (AvgIpc) is 1.00. The first-order chi connectivity index (χ1) is 1.00. The molecule has 0 saturated heterocycles. The van der Waals surface area contributed by atoms with Crippen LogP contribution < -0.4 is 51.4 Å². The van der Waals surface area contributed by atoms with Crippen LogP contribution in [0.2, 0.25) is 0 Å². The van der Waals surface area contributed by atoms with E-state index < -0.39 is 0 Å². The molecule has 0 aliphatic heterocycles. The van der Waals surface area contributed by atoms with E-state index in [-0.39, 0.29) is 74.5 Å². The van der Waals surface area contributed by atoms with Crippen LogP contribution in [0.15, 0.2) is 0 Å². The number of rotatable bonds is 0. The summed E-state index contributed by atoms with van der Waals surface area (Å²) in [6.45, 7) is 0. The Hall–Kier alpha value is 2.74. The molecule has 0 aliphatic carbocycles. The maximum absolute atomic E-state index is 6.92. The zero-order chi connectivity index (χ0) is 2.00. The molecule has 0 bridgehead atoms. The van der Waals surface area contributed by atoms with Crippen molar-refractivity contribution in [3.8, 4) is 0 Å². The molecule has 1 unspecified atom stereocenters. The van der Waals surface area contributed by atoms with Gasteiger partial charge in [-0.2, -0.15) is 0 Å². The van der Waals surface area contributed by atoms with Crippen LogP contribution >= 0.6 is 9.47 Å². The topological polar surface area (TPSA) is 20.2 Å². The molecule has 4 heteroatoms. The summed E-state index contributed by atoms with van der Waals surface area (Å²) in [6, 6.07) is 0. The molecule has 0 fully saturated rings. The molecule has 0 radical (unpaired) electrons. The third-order valence-electron chi connectivity index (χ3n) is 0. The van der Waals surface area contributed by atoms with Crippen LogP contribution in [0.1, 0.15) is 1.43 Å². The van der Waals surface area contributed by atoms with Gasteiger partial charge in [0.05, 0.1) is 0 Å². The molecule has 20 valence electrons. The van der Waals surface area contributed by atoms with Gasteiger partial charge in [-0.15, -0.1) is 0 Å². The van der Waals surface area contributed by atoms with Crippen LogP contribution in [-0.2, 0) is 21.7 Å². The largest absolute Gasteiger partial charge is 1.00 e. The fraction of sp³-hybridized carbons (Fsp3) is 0. The average molecular weight is 138 g/mol. The normalized spacial score (nSPS) is 1.50. The van der Waals surface area contributed by atoms with Crippen LogP contribution in [0.4, 0.5) is 0 Å². The maximum Gasteiger partial charge on any atom is 1.00 e. The van der Waals surface area contributed by atoms with Crippen molar-refractivity contribution in [3.05, 3.63) is 0 Å². The smallest absolute Gasteiger partial charge is 1.00 e. The molecule has 0 heterocycles. The van der Waals surface area contributed by atoms with Gasteiger partial charge in [-0.3, -0.25) is 0 Å². The molecule has 0 aromatic carbocycles. The van der Waals surface area contributed by atoms with E-state index >= 15 is 0 Å². The molecule has 4 heavy (non-hydrogen) atoms. The van der Waals surface area contributed by atoms with Crippen molar-refractivity contribution >= 4 is 9.47 Å². The first-order valence-electron chi connectivity index (χ1n) is 0.258. The van der Waals surface area contributed by atoms with E-state index in [1.54, 1.807) is 0 Å². The van der Waals surface area contributed by atoms with E-state index in [1.165, 1.54) is 9.47 Å². The molecule has 0 aliphatic rings. The third kappa shape index (κ3) is 8.83. The Kier molecular flexibility index (Phi) is 68.2. The predicted octanol–water partition coefficient (Wildman–Crippen LogP) is -3.12. The molecule has 0 spiro atoms. The molecule has 0 saturated carbocycles. The standard InChI is InChI=1S/K.H3OP.Ti.H/c;1-2;;/h;1H,2H2;;/q+1;;;-1. The molecule has 1 nitrogen and oxygen atoms in total. The molecule has 1 atom stereocenters. The minimum Gasteiger partial charge on any atom is -1.00 e. The van der Waals surface area contributed by atoms with E-state index in [4.69, 9.17) is 4.89 Å². The number of hydrogen-bond donors (Lipinski definition) is 1. The first kappa shape index (κ1) is 15.9. The summed E-state index contributed by atoms with van der Waals surface area (Å²) in [7, 11) is 1.42. The van der Waals surface area contributed by atoms with Crippen molar-refractivity contribution in [1.29, 1.82) is 0 Å². The van der Waals surface area contributed by atoms with Crippen molar-refractivity contribution in [2.24, 2.45) is 0 Å². The summed E-state index contributed by atoms with van der Waals surface area (Å²) in [5.41, 5.74) is 0. The Morgan fingerprint density at radius 2 is 1.50 bits per heavy atom. The molecule has 0 aromatic rings. The minimum atomic E-state index is 0. The summed E-state index contributed by atoms with van der Waals surface area (Å²) >= 11 is 0. The van der Waals surface area contributed by atoms with E-state index in [1.807, 2.05) is 0 Å². The molecule has 0 rings (SSSR count). The zero-order valence-electron chi connectivity index (χ0n) is 3.52. The zero-order valence-corrected chi connectivity index (χ0v) is 8.36. The quantitative estimate of drug-likeness (QED) is 0.277. The minimum absolute atomic E-state index is 0. The second kappa shape index (κ2) is 17.2. The second-order valence-electron chi connectivity index (χ2n) is 0. The summed E-state index contributed by atoms with van der Waals surface area (Å²) in [5.74, 6) is 0. The Labute approximate surface area is 87.0 Å². The van der Waals surface area contributed by atoms with Gasteiger partial charge in [-0.1, -0.05) is 0 Å². The van der Waals surface area contributed by atoms with Crippen molar-refractivity contribution < 1.29 is 79.4 Å². The monoisotopic (exact) mass is 138 g/mol. The van der Waals surface area contributed by atoms with Crippen LogP contribution in [0, 0.1) is 0 Å². The molecular formula is H4KOPTi. The van der Waals surface area contributed by atoms with Gasteiger partial charge in [0, 0.05) is 21.7 Å². The summed E-state index contributed by atoms with van der Waals surface area (Å²) in [5, 5.41) is 0. The summed E-state index contributed by atoms with van der Waals surface area (Å²) < 4.78 is 0. The summed E-state index contributed by atoms with van der Waals surface area (Å²) in [6.07, 6.45) is 0. The van der Waals surface area contributed by atoms with Crippen LogP contribution in [0.25, 0.3) is 0 Å². The summed E-state index contributed by atoms with van der Waals surface area (Å²) in [4.78, 5) is 6.92. The van der Waals surface area contributed by atoms with E-state index in [2.05, 4.69) is 0 Å². The Morgan fingerprint density at radius 3 is 1.50 bits per heavy atom. The molecular weight excluding hydrogens is 134 g/mol. The molecule has 0 aromatic heterocycles. The van der Waals surface area contributed by atoms with E-state index in [0.717, 1.165) is 0 Å². The van der Waals surface area contributed by atoms with Crippen molar-refractivity contribution in [1.82, 2.24) is 0 Å². The molecule has 1 N–H and O–H groups in total. The molecule has 0 amide bonds. The maximum atomic E-state index is 6.92. The van der Waals surface area contributed by atoms with E-state index in [9.17, 15) is 0 Å². The Morgan fingerprint density at radius 1 is 1.50 bits per heavy atom. The van der Waals surface area contributed by atoms with Crippen molar-refractivity contribution in [3.63, 3.8) is 0 Å². The first-order valence-corrected chi connectivity index (χ1v) is 0.775. The van der Waals surface area contributed by atoms with Gasteiger partial charge in [0.15, 0.2) is 0 Å². The van der Waals surface area contributed by atoms with E-state index in [0.29, 0.717) is 0 Å². The second-order valence-corrected chi connectivity index (χ2v) is 0. The Balaban J connectivity index is -0.00000000167. The van der Waals surface area contributed by atoms with Gasteiger partial charge >= 0.3 is 51.4 Å². The van der Waals surface area contributed by atoms with Gasteiger partial charge in [-0.25, -0.2) is 0 Å². The third-order valence-corrected chi connectivity index (χ3v) is 0. The number of hydrogen-bond acceptors (Lipinski definition) is 1. The van der Waals surface area contributed by atoms with Crippen LogP contribution in [0.5, 0.6) is 0 Å². The predicted molar refractivity (Wildman–Crippen MR) is 13.0 cm³/mol. The van der Waals surface area contributed by atoms with Gasteiger partial charge in [-0.05, 0) is 9.47 Å². The SMILES string of the molecule is OP.[H-].[K+].[Ti]. The van der Waals surface area contributed by atoms with Crippen LogP contribution in [0.3, 0.4) is 0 Å². The van der Waals surface area contributed by atoms with Crippen LogP contribution in [-0.4, -0.2) is 4.89 Å².